The minimum Gasteiger partial charge on any atom is -0.452 e. The molecule has 0 atom stereocenters. The topological polar surface area (TPSA) is 88.3 Å². The zero-order valence-corrected chi connectivity index (χ0v) is 12.1. The summed E-state index contributed by atoms with van der Waals surface area (Å²) in [6.07, 6.45) is 1.41. The van der Waals surface area contributed by atoms with Crippen LogP contribution in [0, 0.1) is 6.92 Å². The molecule has 1 amide bonds. The summed E-state index contributed by atoms with van der Waals surface area (Å²) >= 11 is 0. The van der Waals surface area contributed by atoms with Gasteiger partial charge in [0.1, 0.15) is 5.56 Å². The second-order valence-electron chi connectivity index (χ2n) is 4.69. The van der Waals surface area contributed by atoms with Crippen LogP contribution in [-0.2, 0) is 16.1 Å². The lowest BCUT2D eigenvalue weighted by Gasteiger charge is -2.08. The first-order chi connectivity index (χ1) is 10.6. The number of nitrogens with one attached hydrogen (secondary N) is 2. The Balaban J connectivity index is 1.83. The van der Waals surface area contributed by atoms with E-state index >= 15 is 0 Å². The number of aryl methyl sites for hydroxylation is 1. The second-order valence-corrected chi connectivity index (χ2v) is 4.69. The normalized spacial score (nSPS) is 10.0. The molecule has 0 aliphatic heterocycles. The number of hydrogen-bond acceptors (Lipinski definition) is 4. The number of hydrogen-bond donors (Lipinski definition) is 2. The molecule has 2 aromatic rings. The summed E-state index contributed by atoms with van der Waals surface area (Å²) in [5.74, 6) is -1.25. The van der Waals surface area contributed by atoms with E-state index in [9.17, 15) is 14.4 Å². The van der Waals surface area contributed by atoms with Gasteiger partial charge in [0.2, 0.25) is 0 Å². The summed E-state index contributed by atoms with van der Waals surface area (Å²) in [5.41, 5.74) is 1.37. The molecule has 0 saturated carbocycles. The molecule has 6 heteroatoms. The van der Waals surface area contributed by atoms with Gasteiger partial charge < -0.3 is 15.0 Å². The Morgan fingerprint density at radius 1 is 1.18 bits per heavy atom. The van der Waals surface area contributed by atoms with Crippen LogP contribution in [0.2, 0.25) is 0 Å². The highest BCUT2D eigenvalue weighted by Gasteiger charge is 2.13. The summed E-state index contributed by atoms with van der Waals surface area (Å²) in [6.45, 7) is 1.87. The minimum atomic E-state index is -0.826. The van der Waals surface area contributed by atoms with Gasteiger partial charge in [0.25, 0.3) is 11.5 Å². The minimum absolute atomic E-state index is 0.130. The molecule has 22 heavy (non-hydrogen) atoms. The quantitative estimate of drug-likeness (QED) is 0.811. The van der Waals surface area contributed by atoms with Crippen molar-refractivity contribution < 1.29 is 14.3 Å². The van der Waals surface area contributed by atoms with Gasteiger partial charge in [-0.05, 0) is 30.2 Å². The Morgan fingerprint density at radius 3 is 2.68 bits per heavy atom. The van der Waals surface area contributed by atoms with Crippen molar-refractivity contribution in [2.45, 2.75) is 13.5 Å². The van der Waals surface area contributed by atoms with Crippen LogP contribution in [0.25, 0.3) is 0 Å². The zero-order valence-electron chi connectivity index (χ0n) is 12.1. The Kier molecular flexibility index (Phi) is 5.08. The number of carbonyl (C=O) groups excluding carboxylic acids is 2. The fraction of sp³-hybridized carbons (Fsp3) is 0.188. The Hall–Kier alpha value is -2.89. The van der Waals surface area contributed by atoms with Crippen molar-refractivity contribution in [3.63, 3.8) is 0 Å². The molecule has 0 unspecified atom stereocenters. The van der Waals surface area contributed by atoms with E-state index in [2.05, 4.69) is 10.3 Å². The van der Waals surface area contributed by atoms with Crippen LogP contribution in [-0.4, -0.2) is 23.5 Å². The molecule has 0 fully saturated rings. The number of rotatable bonds is 5. The molecule has 114 valence electrons. The van der Waals surface area contributed by atoms with Gasteiger partial charge in [0.15, 0.2) is 6.61 Å². The van der Waals surface area contributed by atoms with E-state index in [1.54, 1.807) is 0 Å². The molecule has 0 bridgehead atoms. The van der Waals surface area contributed by atoms with Crippen molar-refractivity contribution in [1.82, 2.24) is 10.3 Å². The standard InChI is InChI=1S/C16H16N2O4/c1-11-5-2-3-6-12(11)9-18-14(19)10-22-16(21)13-7-4-8-17-15(13)20/h2-8H,9-10H2,1H3,(H,17,20)(H,18,19). The van der Waals surface area contributed by atoms with E-state index in [1.807, 2.05) is 31.2 Å². The van der Waals surface area contributed by atoms with E-state index in [1.165, 1.54) is 18.3 Å². The Morgan fingerprint density at radius 2 is 1.95 bits per heavy atom. The average molecular weight is 300 g/mol. The number of pyridine rings is 1. The van der Waals surface area contributed by atoms with Crippen molar-refractivity contribution in [1.29, 1.82) is 0 Å². The number of H-pyrrole nitrogens is 1. The van der Waals surface area contributed by atoms with Gasteiger partial charge in [0.05, 0.1) is 0 Å². The van der Waals surface area contributed by atoms with E-state index in [0.29, 0.717) is 6.54 Å². The molecular weight excluding hydrogens is 284 g/mol. The molecule has 2 rings (SSSR count). The van der Waals surface area contributed by atoms with Crippen molar-refractivity contribution in [2.75, 3.05) is 6.61 Å². The maximum atomic E-state index is 11.7. The highest BCUT2D eigenvalue weighted by Crippen LogP contribution is 2.05. The lowest BCUT2D eigenvalue weighted by atomic mass is 10.1. The van der Waals surface area contributed by atoms with Crippen molar-refractivity contribution in [3.05, 3.63) is 69.6 Å². The molecule has 0 aliphatic carbocycles. The van der Waals surface area contributed by atoms with Crippen molar-refractivity contribution in [3.8, 4) is 0 Å². The van der Waals surface area contributed by atoms with Crippen LogP contribution in [0.1, 0.15) is 21.5 Å². The molecule has 0 radical (unpaired) electrons. The van der Waals surface area contributed by atoms with Gasteiger partial charge in [-0.3, -0.25) is 9.59 Å². The number of ether oxygens (including phenoxy) is 1. The Labute approximate surface area is 127 Å². The lowest BCUT2D eigenvalue weighted by Crippen LogP contribution is -2.29. The fourth-order valence-electron chi connectivity index (χ4n) is 1.84. The highest BCUT2D eigenvalue weighted by atomic mass is 16.5. The third-order valence-corrected chi connectivity index (χ3v) is 3.11. The summed E-state index contributed by atoms with van der Waals surface area (Å²) in [6, 6.07) is 10.5. The summed E-state index contributed by atoms with van der Waals surface area (Å²) in [5, 5.41) is 2.66. The van der Waals surface area contributed by atoms with E-state index in [4.69, 9.17) is 4.74 Å². The fourth-order valence-corrected chi connectivity index (χ4v) is 1.84. The summed E-state index contributed by atoms with van der Waals surface area (Å²) < 4.78 is 4.82. The van der Waals surface area contributed by atoms with Crippen molar-refractivity contribution in [2.24, 2.45) is 0 Å². The number of aromatic nitrogens is 1. The van der Waals surface area contributed by atoms with Crippen LogP contribution >= 0.6 is 0 Å². The van der Waals surface area contributed by atoms with Crippen LogP contribution in [0.4, 0.5) is 0 Å². The molecule has 0 spiro atoms. The first kappa shape index (κ1) is 15.5. The van der Waals surface area contributed by atoms with E-state index in [-0.39, 0.29) is 5.56 Å². The van der Waals surface area contributed by atoms with Crippen LogP contribution in [0.5, 0.6) is 0 Å². The number of aromatic amines is 1. The molecule has 6 nitrogen and oxygen atoms in total. The number of benzene rings is 1. The first-order valence-corrected chi connectivity index (χ1v) is 6.74. The molecule has 2 N–H and O–H groups in total. The van der Waals surface area contributed by atoms with Gasteiger partial charge in [-0.1, -0.05) is 24.3 Å². The largest absolute Gasteiger partial charge is 0.452 e. The third kappa shape index (κ3) is 4.05. The van der Waals surface area contributed by atoms with Crippen LogP contribution in [0.15, 0.2) is 47.4 Å². The third-order valence-electron chi connectivity index (χ3n) is 3.11. The van der Waals surface area contributed by atoms with Crippen LogP contribution in [0.3, 0.4) is 0 Å². The summed E-state index contributed by atoms with van der Waals surface area (Å²) in [7, 11) is 0. The van der Waals surface area contributed by atoms with Crippen molar-refractivity contribution >= 4 is 11.9 Å². The average Bonchev–Trinajstić information content (AvgIpc) is 2.52. The smallest absolute Gasteiger partial charge is 0.344 e. The molecule has 0 saturated heterocycles. The Bertz CT molecular complexity index is 737. The number of carbonyl (C=O) groups is 2. The van der Waals surface area contributed by atoms with Gasteiger partial charge in [0, 0.05) is 12.7 Å². The summed E-state index contributed by atoms with van der Waals surface area (Å²) in [4.78, 5) is 37.1. The van der Waals surface area contributed by atoms with Gasteiger partial charge in [-0.2, -0.15) is 0 Å². The number of amides is 1. The van der Waals surface area contributed by atoms with Gasteiger partial charge in [-0.25, -0.2) is 4.79 Å². The lowest BCUT2D eigenvalue weighted by molar-refractivity contribution is -0.124. The SMILES string of the molecule is Cc1ccccc1CNC(=O)COC(=O)c1ccc[nH]c1=O. The number of esters is 1. The highest BCUT2D eigenvalue weighted by molar-refractivity contribution is 5.90. The maximum absolute atomic E-state index is 11.7. The van der Waals surface area contributed by atoms with E-state index in [0.717, 1.165) is 11.1 Å². The first-order valence-electron chi connectivity index (χ1n) is 6.74. The van der Waals surface area contributed by atoms with Crippen LogP contribution < -0.4 is 10.9 Å². The predicted molar refractivity (Wildman–Crippen MR) is 80.4 cm³/mol. The molecule has 0 aliphatic rings. The van der Waals surface area contributed by atoms with Gasteiger partial charge in [-0.15, -0.1) is 0 Å². The monoisotopic (exact) mass is 300 g/mol. The molecule has 1 aromatic heterocycles. The second kappa shape index (κ2) is 7.21. The van der Waals surface area contributed by atoms with Gasteiger partial charge >= 0.3 is 5.97 Å². The molecular formula is C16H16N2O4. The zero-order chi connectivity index (χ0) is 15.9. The predicted octanol–water partition coefficient (Wildman–Crippen LogP) is 1.16. The van der Waals surface area contributed by atoms with E-state index < -0.39 is 24.0 Å². The maximum Gasteiger partial charge on any atom is 0.344 e. The molecule has 1 heterocycles. The molecule has 1 aromatic carbocycles.